The van der Waals surface area contributed by atoms with Crippen LogP contribution >= 0.6 is 15.9 Å². The van der Waals surface area contributed by atoms with Gasteiger partial charge in [0.1, 0.15) is 6.33 Å². The SMILES string of the molecule is CC(C)[C@@H](C)[C@@]1(C)CC[C@]2(C)[C@H]3CC[C@@H]4[C@@]5(COC[C@@]4(C)[C@@H](OCC4(N)CCOCC4)[C@H](n4ncnc4Br)C5)C3=CC[C@@]2(C)[C@@H]1C(=O)O. The van der Waals surface area contributed by atoms with Gasteiger partial charge in [-0.15, -0.1) is 0 Å². The van der Waals surface area contributed by atoms with Gasteiger partial charge in [-0.25, -0.2) is 9.67 Å². The van der Waals surface area contributed by atoms with E-state index in [1.165, 1.54) is 5.57 Å². The molecule has 4 aliphatic carbocycles. The van der Waals surface area contributed by atoms with E-state index in [-0.39, 0.29) is 39.2 Å². The van der Waals surface area contributed by atoms with Crippen molar-refractivity contribution in [3.05, 3.63) is 22.7 Å². The molecule has 7 rings (SSSR count). The number of rotatable bonds is 7. The number of carboxylic acid groups (broad SMARTS) is 1. The van der Waals surface area contributed by atoms with E-state index < -0.39 is 17.4 Å². The number of nitrogens with zero attached hydrogens (tertiary/aromatic N) is 3. The van der Waals surface area contributed by atoms with Crippen molar-refractivity contribution in [2.75, 3.05) is 33.0 Å². The van der Waals surface area contributed by atoms with Gasteiger partial charge >= 0.3 is 5.97 Å². The third-order valence-electron chi connectivity index (χ3n) is 16.0. The topological polar surface area (TPSA) is 122 Å². The first-order valence-electron chi connectivity index (χ1n) is 18.6. The van der Waals surface area contributed by atoms with Crippen molar-refractivity contribution in [1.82, 2.24) is 14.8 Å². The smallest absolute Gasteiger partial charge is 0.307 e. The van der Waals surface area contributed by atoms with Crippen LogP contribution in [0.4, 0.5) is 0 Å². The van der Waals surface area contributed by atoms with Crippen LogP contribution in [0.15, 0.2) is 22.7 Å². The van der Waals surface area contributed by atoms with E-state index in [0.29, 0.717) is 61.4 Å². The maximum Gasteiger partial charge on any atom is 0.307 e. The average Bonchev–Trinajstić information content (AvgIpc) is 3.46. The number of ether oxygens (including phenoxy) is 3. The fourth-order valence-electron chi connectivity index (χ4n) is 12.8. The lowest BCUT2D eigenvalue weighted by molar-refractivity contribution is -0.253. The molecule has 11 atom stereocenters. The quantitative estimate of drug-likeness (QED) is 0.286. The van der Waals surface area contributed by atoms with Gasteiger partial charge in [0, 0.05) is 29.6 Å². The Hall–Kier alpha value is -1.33. The second kappa shape index (κ2) is 11.9. The van der Waals surface area contributed by atoms with Crippen molar-refractivity contribution in [3.63, 3.8) is 0 Å². The molecule has 268 valence electrons. The lowest BCUT2D eigenvalue weighted by atomic mass is 9.34. The summed E-state index contributed by atoms with van der Waals surface area (Å²) in [5.41, 5.74) is 6.84. The molecule has 6 aliphatic rings. The molecule has 10 heteroatoms. The number of carbonyl (C=O) groups is 1. The molecule has 0 unspecified atom stereocenters. The zero-order valence-electron chi connectivity index (χ0n) is 30.3. The van der Waals surface area contributed by atoms with Crippen LogP contribution in [0.1, 0.15) is 106 Å². The van der Waals surface area contributed by atoms with Crippen LogP contribution in [0.3, 0.4) is 0 Å². The molecule has 48 heavy (non-hydrogen) atoms. The van der Waals surface area contributed by atoms with Crippen LogP contribution in [-0.2, 0) is 19.0 Å². The summed E-state index contributed by atoms with van der Waals surface area (Å²) in [6, 6.07) is -0.0514. The molecule has 5 fully saturated rings. The van der Waals surface area contributed by atoms with Gasteiger partial charge in [0.15, 0.2) is 4.73 Å². The summed E-state index contributed by atoms with van der Waals surface area (Å²) in [6.07, 6.45) is 11.3. The fraction of sp³-hybridized carbons (Fsp3) is 0.868. The lowest BCUT2D eigenvalue weighted by Gasteiger charge is -2.71. The predicted molar refractivity (Wildman–Crippen MR) is 187 cm³/mol. The second-order valence-corrected chi connectivity index (χ2v) is 19.0. The first-order valence-corrected chi connectivity index (χ1v) is 19.4. The second-order valence-electron chi connectivity index (χ2n) is 18.3. The monoisotopic (exact) mass is 730 g/mol. The summed E-state index contributed by atoms with van der Waals surface area (Å²) in [5.74, 6) is 0.415. The van der Waals surface area contributed by atoms with Gasteiger partial charge < -0.3 is 25.1 Å². The Bertz CT molecular complexity index is 1440. The van der Waals surface area contributed by atoms with E-state index in [1.807, 2.05) is 4.68 Å². The minimum atomic E-state index is -0.619. The lowest BCUT2D eigenvalue weighted by Crippen LogP contribution is -2.69. The van der Waals surface area contributed by atoms with Crippen LogP contribution in [0.5, 0.6) is 0 Å². The summed E-state index contributed by atoms with van der Waals surface area (Å²) in [5, 5.41) is 15.8. The van der Waals surface area contributed by atoms with E-state index in [0.717, 1.165) is 51.4 Å². The highest BCUT2D eigenvalue weighted by Crippen LogP contribution is 2.75. The maximum atomic E-state index is 13.5. The maximum absolute atomic E-state index is 13.5. The Morgan fingerprint density at radius 3 is 2.46 bits per heavy atom. The summed E-state index contributed by atoms with van der Waals surface area (Å²) >= 11 is 3.72. The third kappa shape index (κ3) is 4.84. The highest BCUT2D eigenvalue weighted by Gasteiger charge is 2.72. The molecule has 2 bridgehead atoms. The highest BCUT2D eigenvalue weighted by atomic mass is 79.9. The minimum Gasteiger partial charge on any atom is -0.481 e. The molecule has 3 saturated carbocycles. The van der Waals surface area contributed by atoms with Gasteiger partial charge in [-0.2, -0.15) is 5.10 Å². The van der Waals surface area contributed by atoms with Crippen molar-refractivity contribution >= 4 is 21.9 Å². The molecule has 2 aliphatic heterocycles. The first kappa shape index (κ1) is 35.1. The molecule has 1 aromatic rings. The normalized spacial score (nSPS) is 45.8. The molecule has 3 N–H and O–H groups in total. The van der Waals surface area contributed by atoms with Gasteiger partial charge in [0.05, 0.1) is 37.9 Å². The Balaban J connectivity index is 1.30. The van der Waals surface area contributed by atoms with Crippen molar-refractivity contribution in [2.24, 2.45) is 62.4 Å². The van der Waals surface area contributed by atoms with E-state index in [1.54, 1.807) is 6.33 Å². The third-order valence-corrected chi connectivity index (χ3v) is 16.5. The summed E-state index contributed by atoms with van der Waals surface area (Å²) < 4.78 is 22.2. The molecule has 1 aromatic heterocycles. The number of halogens is 1. The molecule has 2 saturated heterocycles. The van der Waals surface area contributed by atoms with Crippen LogP contribution in [0, 0.1) is 56.7 Å². The highest BCUT2D eigenvalue weighted by molar-refractivity contribution is 9.10. The Labute approximate surface area is 295 Å². The Kier molecular flexibility index (Phi) is 8.67. The van der Waals surface area contributed by atoms with Crippen molar-refractivity contribution in [3.8, 4) is 0 Å². The number of aromatic nitrogens is 3. The van der Waals surface area contributed by atoms with Gasteiger partial charge in [-0.1, -0.05) is 60.1 Å². The van der Waals surface area contributed by atoms with Crippen LogP contribution < -0.4 is 5.73 Å². The molecular weight excluding hydrogens is 672 g/mol. The molecule has 0 aromatic carbocycles. The molecule has 3 heterocycles. The summed E-state index contributed by atoms with van der Waals surface area (Å²) in [7, 11) is 0. The molecule has 0 spiro atoms. The molecule has 0 radical (unpaired) electrons. The van der Waals surface area contributed by atoms with Gasteiger partial charge in [-0.05, 0) is 107 Å². The minimum absolute atomic E-state index is 0.0514. The van der Waals surface area contributed by atoms with E-state index in [2.05, 4.69) is 75.5 Å². The number of hydrogen-bond acceptors (Lipinski definition) is 7. The van der Waals surface area contributed by atoms with Crippen LogP contribution in [0.2, 0.25) is 0 Å². The van der Waals surface area contributed by atoms with E-state index >= 15 is 0 Å². The predicted octanol–water partition coefficient (Wildman–Crippen LogP) is 7.06. The number of fused-ring (bicyclic) bond motifs is 3. The van der Waals surface area contributed by atoms with Crippen LogP contribution in [-0.4, -0.2) is 70.5 Å². The number of aliphatic carboxylic acids is 1. The summed E-state index contributed by atoms with van der Waals surface area (Å²) in [6.45, 7) is 19.4. The zero-order chi connectivity index (χ0) is 34.5. The van der Waals surface area contributed by atoms with Crippen molar-refractivity contribution in [2.45, 2.75) is 118 Å². The van der Waals surface area contributed by atoms with E-state index in [4.69, 9.17) is 25.0 Å². The molecule has 9 nitrogen and oxygen atoms in total. The van der Waals surface area contributed by atoms with E-state index in [9.17, 15) is 9.90 Å². The number of hydrogen-bond donors (Lipinski definition) is 2. The first-order chi connectivity index (χ1) is 22.6. The zero-order valence-corrected chi connectivity index (χ0v) is 31.9. The van der Waals surface area contributed by atoms with Crippen LogP contribution in [0.25, 0.3) is 0 Å². The fourth-order valence-corrected chi connectivity index (χ4v) is 13.2. The van der Waals surface area contributed by atoms with Gasteiger partial charge in [0.2, 0.25) is 0 Å². The Morgan fingerprint density at radius 2 is 1.81 bits per heavy atom. The summed E-state index contributed by atoms with van der Waals surface area (Å²) in [4.78, 5) is 18.0. The Morgan fingerprint density at radius 1 is 1.08 bits per heavy atom. The number of nitrogens with two attached hydrogens (primary N) is 1. The number of carboxylic acids is 1. The molecule has 0 amide bonds. The largest absolute Gasteiger partial charge is 0.481 e. The molecular formula is C38H59BrN4O5. The van der Waals surface area contributed by atoms with Gasteiger partial charge in [0.25, 0.3) is 0 Å². The number of allylic oxidation sites excluding steroid dienone is 1. The van der Waals surface area contributed by atoms with Crippen molar-refractivity contribution in [1.29, 1.82) is 0 Å². The van der Waals surface area contributed by atoms with Gasteiger partial charge in [-0.3, -0.25) is 4.79 Å². The van der Waals surface area contributed by atoms with Crippen molar-refractivity contribution < 1.29 is 24.1 Å². The average molecular weight is 732 g/mol. The standard InChI is InChI=1S/C38H59BrN4O5/c1-23(2)24(3)33(4)12-13-35(6)25-8-9-28-34(5)19-47-21-38(28,26(25)10-11-36(35,7)29(33)31(44)45)18-27(43-32(39)41-22-42-43)30(34)48-20-37(40)14-16-46-17-15-37/h10,22-25,27-30H,8-9,11-21,40H2,1-7H3,(H,44,45)/t24-,25+,27-,28+,29-,30+,33-,34-,35-,36+,38+/m1/s1.